The van der Waals surface area contributed by atoms with Crippen LogP contribution in [0.4, 0.5) is 0 Å². The summed E-state index contributed by atoms with van der Waals surface area (Å²) in [6.45, 7) is 0.801. The number of amides is 1. The van der Waals surface area contributed by atoms with Crippen LogP contribution < -0.4 is 10.9 Å². The maximum atomic E-state index is 9.93. The zero-order chi connectivity index (χ0) is 12.3. The first-order chi connectivity index (χ1) is 8.34. The fourth-order valence-corrected chi connectivity index (χ4v) is 1.72. The van der Waals surface area contributed by atoms with Crippen molar-refractivity contribution >= 4 is 6.41 Å². The van der Waals surface area contributed by atoms with Crippen LogP contribution in [0.2, 0.25) is 0 Å². The van der Waals surface area contributed by atoms with E-state index >= 15 is 0 Å². The summed E-state index contributed by atoms with van der Waals surface area (Å²) >= 11 is 0. The van der Waals surface area contributed by atoms with Gasteiger partial charge < -0.3 is 5.11 Å². The molecule has 0 aliphatic heterocycles. The van der Waals surface area contributed by atoms with Gasteiger partial charge in [0.15, 0.2) is 0 Å². The van der Waals surface area contributed by atoms with Gasteiger partial charge in [0, 0.05) is 6.54 Å². The Morgan fingerprint density at radius 1 is 1.12 bits per heavy atom. The van der Waals surface area contributed by atoms with Crippen LogP contribution in [0.15, 0.2) is 24.3 Å². The van der Waals surface area contributed by atoms with Gasteiger partial charge in [-0.3, -0.25) is 10.2 Å². The molecule has 1 aromatic rings. The second-order valence-electron chi connectivity index (χ2n) is 3.98. The number of benzene rings is 1. The number of phenolic OH excluding ortho intramolecular Hbond substituents is 1. The Balaban J connectivity index is 2.01. The lowest BCUT2D eigenvalue weighted by Gasteiger charge is -2.04. The lowest BCUT2D eigenvalue weighted by atomic mass is 10.1. The first-order valence-electron chi connectivity index (χ1n) is 6.03. The number of nitrogens with one attached hydrogen (secondary N) is 2. The number of carbonyl (C=O) groups is 1. The molecule has 1 aromatic carbocycles. The summed E-state index contributed by atoms with van der Waals surface area (Å²) in [7, 11) is 0. The highest BCUT2D eigenvalue weighted by atomic mass is 16.3. The molecule has 1 amide bonds. The highest BCUT2D eigenvalue weighted by Crippen LogP contribution is 2.18. The van der Waals surface area contributed by atoms with E-state index in [1.165, 1.54) is 0 Å². The molecule has 94 valence electrons. The van der Waals surface area contributed by atoms with Crippen molar-refractivity contribution in [3.8, 4) is 5.75 Å². The summed E-state index contributed by atoms with van der Waals surface area (Å²) in [6.07, 6.45) is 5.95. The van der Waals surface area contributed by atoms with Crippen molar-refractivity contribution in [3.05, 3.63) is 29.8 Å². The summed E-state index contributed by atoms with van der Waals surface area (Å²) < 4.78 is 0. The number of para-hydroxylation sites is 1. The normalized spacial score (nSPS) is 10.1. The van der Waals surface area contributed by atoms with Gasteiger partial charge in [0.25, 0.3) is 0 Å². The standard InChI is InChI=1S/C13H20N2O2/c16-11-15-14-10-6-2-1-3-7-12-8-4-5-9-13(12)17/h4-5,8-9,11,14,17H,1-3,6-7,10H2,(H,15,16). The lowest BCUT2D eigenvalue weighted by molar-refractivity contribution is -0.110. The number of hydrazine groups is 1. The molecule has 0 atom stereocenters. The number of aromatic hydroxyl groups is 1. The third-order valence-electron chi connectivity index (χ3n) is 2.65. The van der Waals surface area contributed by atoms with Crippen LogP contribution in [0.5, 0.6) is 5.75 Å². The van der Waals surface area contributed by atoms with Crippen LogP contribution in [0, 0.1) is 0 Å². The van der Waals surface area contributed by atoms with Crippen molar-refractivity contribution in [2.45, 2.75) is 32.1 Å². The highest BCUT2D eigenvalue weighted by Gasteiger charge is 1.98. The minimum atomic E-state index is 0.393. The molecule has 0 saturated carbocycles. The number of unbranched alkanes of at least 4 members (excludes halogenated alkanes) is 3. The van der Waals surface area contributed by atoms with Gasteiger partial charge in [0.2, 0.25) is 6.41 Å². The van der Waals surface area contributed by atoms with Crippen LogP contribution in [-0.2, 0) is 11.2 Å². The zero-order valence-electron chi connectivity index (χ0n) is 9.98. The van der Waals surface area contributed by atoms with Crippen LogP contribution in [0.25, 0.3) is 0 Å². The van der Waals surface area contributed by atoms with Crippen LogP contribution in [0.3, 0.4) is 0 Å². The first-order valence-corrected chi connectivity index (χ1v) is 6.03. The topological polar surface area (TPSA) is 61.4 Å². The summed E-state index contributed by atoms with van der Waals surface area (Å²) in [5, 5.41) is 9.56. The summed E-state index contributed by atoms with van der Waals surface area (Å²) in [4.78, 5) is 9.93. The number of aryl methyl sites for hydroxylation is 1. The molecule has 0 bridgehead atoms. The molecule has 0 saturated heterocycles. The van der Waals surface area contributed by atoms with Gasteiger partial charge in [-0.15, -0.1) is 0 Å². The monoisotopic (exact) mass is 236 g/mol. The Kier molecular flexibility index (Phi) is 6.82. The number of phenols is 1. The van der Waals surface area contributed by atoms with E-state index in [4.69, 9.17) is 0 Å². The molecular formula is C13H20N2O2. The zero-order valence-corrected chi connectivity index (χ0v) is 9.98. The van der Waals surface area contributed by atoms with E-state index in [9.17, 15) is 9.90 Å². The quantitative estimate of drug-likeness (QED) is 0.348. The average Bonchev–Trinajstić information content (AvgIpc) is 2.35. The Morgan fingerprint density at radius 3 is 2.65 bits per heavy atom. The van der Waals surface area contributed by atoms with Gasteiger partial charge in [-0.2, -0.15) is 0 Å². The van der Waals surface area contributed by atoms with E-state index in [0.29, 0.717) is 12.2 Å². The molecule has 0 unspecified atom stereocenters. The molecule has 1 rings (SSSR count). The largest absolute Gasteiger partial charge is 0.508 e. The summed E-state index contributed by atoms with van der Waals surface area (Å²) in [5.41, 5.74) is 6.23. The average molecular weight is 236 g/mol. The molecule has 3 N–H and O–H groups in total. The minimum absolute atomic E-state index is 0.393. The van der Waals surface area contributed by atoms with Gasteiger partial charge in [0.05, 0.1) is 0 Å². The second kappa shape index (κ2) is 8.58. The molecule has 0 spiro atoms. The van der Waals surface area contributed by atoms with E-state index in [2.05, 4.69) is 10.9 Å². The van der Waals surface area contributed by atoms with Gasteiger partial charge >= 0.3 is 0 Å². The second-order valence-corrected chi connectivity index (χ2v) is 3.98. The van der Waals surface area contributed by atoms with Crippen molar-refractivity contribution in [3.63, 3.8) is 0 Å². The van der Waals surface area contributed by atoms with Gasteiger partial charge in [-0.25, -0.2) is 5.43 Å². The first kappa shape index (κ1) is 13.5. The Morgan fingerprint density at radius 2 is 1.88 bits per heavy atom. The van der Waals surface area contributed by atoms with E-state index in [0.717, 1.165) is 44.2 Å². The van der Waals surface area contributed by atoms with Crippen molar-refractivity contribution in [2.24, 2.45) is 0 Å². The Labute approximate surface area is 102 Å². The lowest BCUT2D eigenvalue weighted by Crippen LogP contribution is -2.30. The van der Waals surface area contributed by atoms with Crippen molar-refractivity contribution < 1.29 is 9.90 Å². The molecule has 0 aliphatic carbocycles. The predicted molar refractivity (Wildman–Crippen MR) is 67.5 cm³/mol. The maximum absolute atomic E-state index is 9.93. The predicted octanol–water partition coefficient (Wildman–Crippen LogP) is 1.75. The van der Waals surface area contributed by atoms with Crippen molar-refractivity contribution in [1.29, 1.82) is 0 Å². The molecule has 4 nitrogen and oxygen atoms in total. The molecule has 0 radical (unpaired) electrons. The van der Waals surface area contributed by atoms with E-state index in [1.54, 1.807) is 6.07 Å². The van der Waals surface area contributed by atoms with E-state index in [1.807, 2.05) is 18.2 Å². The van der Waals surface area contributed by atoms with Crippen LogP contribution in [-0.4, -0.2) is 18.1 Å². The van der Waals surface area contributed by atoms with Crippen LogP contribution in [0.1, 0.15) is 31.2 Å². The summed E-state index contributed by atoms with van der Waals surface area (Å²) in [5.74, 6) is 0.393. The van der Waals surface area contributed by atoms with Gasteiger partial charge in [-0.05, 0) is 30.9 Å². The number of carbonyl (C=O) groups excluding carboxylic acids is 1. The fourth-order valence-electron chi connectivity index (χ4n) is 1.72. The fraction of sp³-hybridized carbons (Fsp3) is 0.462. The SMILES string of the molecule is O=CNNCCCCCCc1ccccc1O. The molecule has 4 heteroatoms. The third kappa shape index (κ3) is 5.92. The van der Waals surface area contributed by atoms with E-state index in [-0.39, 0.29) is 0 Å². The molecule has 0 aromatic heterocycles. The van der Waals surface area contributed by atoms with Gasteiger partial charge in [-0.1, -0.05) is 31.0 Å². The third-order valence-corrected chi connectivity index (χ3v) is 2.65. The van der Waals surface area contributed by atoms with Crippen molar-refractivity contribution in [1.82, 2.24) is 10.9 Å². The summed E-state index contributed by atoms with van der Waals surface area (Å²) in [6, 6.07) is 7.48. The van der Waals surface area contributed by atoms with Crippen LogP contribution >= 0.6 is 0 Å². The molecule has 0 aliphatic rings. The minimum Gasteiger partial charge on any atom is -0.508 e. The Bertz CT molecular complexity index is 329. The smallest absolute Gasteiger partial charge is 0.221 e. The molecular weight excluding hydrogens is 216 g/mol. The molecule has 0 heterocycles. The number of hydrogen-bond acceptors (Lipinski definition) is 3. The molecule has 0 fully saturated rings. The number of hydrogen-bond donors (Lipinski definition) is 3. The van der Waals surface area contributed by atoms with Crippen molar-refractivity contribution in [2.75, 3.05) is 6.54 Å². The Hall–Kier alpha value is -1.55. The molecule has 17 heavy (non-hydrogen) atoms. The van der Waals surface area contributed by atoms with E-state index < -0.39 is 0 Å². The highest BCUT2D eigenvalue weighted by molar-refractivity contribution is 5.44. The number of rotatable bonds is 9. The maximum Gasteiger partial charge on any atom is 0.221 e. The van der Waals surface area contributed by atoms with Gasteiger partial charge in [0.1, 0.15) is 5.75 Å².